The van der Waals surface area contributed by atoms with E-state index in [1.54, 1.807) is 32.2 Å². The summed E-state index contributed by atoms with van der Waals surface area (Å²) in [4.78, 5) is 13.7. The maximum Gasteiger partial charge on any atom is 0.253 e. The van der Waals surface area contributed by atoms with E-state index in [1.165, 1.54) is 4.90 Å². The van der Waals surface area contributed by atoms with E-state index < -0.39 is 0 Å². The van der Waals surface area contributed by atoms with E-state index >= 15 is 0 Å². The van der Waals surface area contributed by atoms with Gasteiger partial charge in [-0.05, 0) is 25.1 Å². The minimum atomic E-state index is -0.224. The number of rotatable bonds is 4. The molecule has 1 rings (SSSR count). The van der Waals surface area contributed by atoms with E-state index in [2.05, 4.69) is 17.9 Å². The normalized spacial score (nSPS) is 11.0. The minimum absolute atomic E-state index is 0.00304. The molecule has 0 radical (unpaired) electrons. The number of aliphatic hydroxyl groups excluding tert-OH is 1. The van der Waals surface area contributed by atoms with E-state index in [1.807, 2.05) is 0 Å². The van der Waals surface area contributed by atoms with E-state index in [9.17, 15) is 4.79 Å². The SMILES string of the molecule is CC(C#N)CN(C)C(=O)c1ccc(C#CCCO)c(Cl)c1. The van der Waals surface area contributed by atoms with Gasteiger partial charge < -0.3 is 10.0 Å². The van der Waals surface area contributed by atoms with Crippen molar-refractivity contribution in [2.75, 3.05) is 20.2 Å². The summed E-state index contributed by atoms with van der Waals surface area (Å²) in [5.74, 6) is 5.21. The fourth-order valence-electron chi connectivity index (χ4n) is 1.72. The third kappa shape index (κ3) is 5.11. The molecule has 1 aromatic carbocycles. The maximum atomic E-state index is 12.2. The van der Waals surface area contributed by atoms with Gasteiger partial charge in [-0.1, -0.05) is 23.4 Å². The second-order valence-electron chi connectivity index (χ2n) is 4.69. The van der Waals surface area contributed by atoms with Crippen LogP contribution in [0.15, 0.2) is 18.2 Å². The molecule has 4 nitrogen and oxygen atoms in total. The molecular weight excluding hydrogens is 288 g/mol. The number of carbonyl (C=O) groups is 1. The van der Waals surface area contributed by atoms with Crippen molar-refractivity contribution in [1.29, 1.82) is 5.26 Å². The van der Waals surface area contributed by atoms with Crippen LogP contribution in [0.25, 0.3) is 0 Å². The van der Waals surface area contributed by atoms with Crippen LogP contribution in [0.2, 0.25) is 5.02 Å². The number of halogens is 1. The highest BCUT2D eigenvalue weighted by Gasteiger charge is 2.15. The number of benzene rings is 1. The van der Waals surface area contributed by atoms with Crippen molar-refractivity contribution in [2.24, 2.45) is 5.92 Å². The van der Waals surface area contributed by atoms with Crippen LogP contribution in [-0.4, -0.2) is 36.1 Å². The number of carbonyl (C=O) groups excluding carboxylic acids is 1. The number of nitriles is 1. The summed E-state index contributed by atoms with van der Waals surface area (Å²) in [5.41, 5.74) is 1.08. The molecule has 0 spiro atoms. The third-order valence-corrected chi connectivity index (χ3v) is 3.10. The molecule has 1 aromatic rings. The summed E-state index contributed by atoms with van der Waals surface area (Å²) in [5, 5.41) is 17.8. The van der Waals surface area contributed by atoms with Gasteiger partial charge in [0.2, 0.25) is 0 Å². The molecule has 1 N–H and O–H groups in total. The highest BCUT2D eigenvalue weighted by molar-refractivity contribution is 6.32. The zero-order valence-electron chi connectivity index (χ0n) is 12.1. The average molecular weight is 305 g/mol. The van der Waals surface area contributed by atoms with E-state index in [4.69, 9.17) is 22.0 Å². The molecular formula is C16H17ClN2O2. The van der Waals surface area contributed by atoms with Crippen LogP contribution >= 0.6 is 11.6 Å². The van der Waals surface area contributed by atoms with Crippen molar-refractivity contribution in [1.82, 2.24) is 4.90 Å². The second kappa shape index (κ2) is 8.32. The lowest BCUT2D eigenvalue weighted by atomic mass is 10.1. The monoisotopic (exact) mass is 304 g/mol. The Morgan fingerprint density at radius 3 is 2.81 bits per heavy atom. The molecule has 0 bridgehead atoms. The molecule has 1 amide bonds. The van der Waals surface area contributed by atoms with Crippen molar-refractivity contribution < 1.29 is 9.90 Å². The maximum absolute atomic E-state index is 12.2. The summed E-state index contributed by atoms with van der Waals surface area (Å²) >= 11 is 6.10. The van der Waals surface area contributed by atoms with Crippen LogP contribution < -0.4 is 0 Å². The molecule has 1 atom stereocenters. The largest absolute Gasteiger partial charge is 0.395 e. The Hall–Kier alpha value is -2.01. The number of amides is 1. The summed E-state index contributed by atoms with van der Waals surface area (Å²) in [6.07, 6.45) is 0.381. The van der Waals surface area contributed by atoms with E-state index in [0.29, 0.717) is 29.1 Å². The summed E-state index contributed by atoms with van der Waals surface area (Å²) in [7, 11) is 1.65. The Kier molecular flexibility index (Phi) is 6.75. The van der Waals surface area contributed by atoms with Gasteiger partial charge >= 0.3 is 0 Å². The van der Waals surface area contributed by atoms with Crippen molar-refractivity contribution in [3.63, 3.8) is 0 Å². The molecule has 0 aliphatic heterocycles. The Balaban J connectivity index is 2.86. The fraction of sp³-hybridized carbons (Fsp3) is 0.375. The molecule has 0 aromatic heterocycles. The topological polar surface area (TPSA) is 64.3 Å². The van der Waals surface area contributed by atoms with Crippen molar-refractivity contribution >= 4 is 17.5 Å². The second-order valence-corrected chi connectivity index (χ2v) is 5.09. The predicted octanol–water partition coefficient (Wildman–Crippen LogP) is 2.31. The first kappa shape index (κ1) is 17.0. The Morgan fingerprint density at radius 2 is 2.24 bits per heavy atom. The smallest absolute Gasteiger partial charge is 0.253 e. The molecule has 21 heavy (non-hydrogen) atoms. The summed E-state index contributed by atoms with van der Waals surface area (Å²) < 4.78 is 0. The van der Waals surface area contributed by atoms with Gasteiger partial charge in [0.25, 0.3) is 5.91 Å². The van der Waals surface area contributed by atoms with Gasteiger partial charge in [0.05, 0.1) is 23.6 Å². The highest BCUT2D eigenvalue weighted by Crippen LogP contribution is 2.18. The summed E-state index contributed by atoms with van der Waals surface area (Å²) in [6.45, 7) is 2.13. The Morgan fingerprint density at radius 1 is 1.52 bits per heavy atom. The molecule has 0 fully saturated rings. The third-order valence-electron chi connectivity index (χ3n) is 2.79. The van der Waals surface area contributed by atoms with Gasteiger partial charge in [-0.3, -0.25) is 4.79 Å². The number of aliphatic hydroxyl groups is 1. The first-order valence-corrected chi connectivity index (χ1v) is 6.91. The van der Waals surface area contributed by atoms with Gasteiger partial charge in [-0.2, -0.15) is 5.26 Å². The number of hydrogen-bond donors (Lipinski definition) is 1. The number of hydrogen-bond acceptors (Lipinski definition) is 3. The molecule has 1 unspecified atom stereocenters. The van der Waals surface area contributed by atoms with Crippen LogP contribution in [0.3, 0.4) is 0 Å². The fourth-order valence-corrected chi connectivity index (χ4v) is 1.95. The van der Waals surface area contributed by atoms with Crippen molar-refractivity contribution in [3.8, 4) is 17.9 Å². The molecule has 5 heteroatoms. The lowest BCUT2D eigenvalue weighted by molar-refractivity contribution is 0.0785. The highest BCUT2D eigenvalue weighted by atomic mass is 35.5. The van der Waals surface area contributed by atoms with Crippen molar-refractivity contribution in [2.45, 2.75) is 13.3 Å². The van der Waals surface area contributed by atoms with Crippen LogP contribution in [0.4, 0.5) is 0 Å². The first-order chi connectivity index (χ1) is 9.99. The quantitative estimate of drug-likeness (QED) is 0.868. The first-order valence-electron chi connectivity index (χ1n) is 6.54. The van der Waals surface area contributed by atoms with Gasteiger partial charge in [0.15, 0.2) is 0 Å². The van der Waals surface area contributed by atoms with Gasteiger partial charge in [-0.25, -0.2) is 0 Å². The average Bonchev–Trinajstić information content (AvgIpc) is 2.48. The molecule has 0 saturated heterocycles. The molecule has 0 saturated carbocycles. The molecule has 110 valence electrons. The zero-order chi connectivity index (χ0) is 15.8. The van der Waals surface area contributed by atoms with Crippen LogP contribution in [0, 0.1) is 29.1 Å². The predicted molar refractivity (Wildman–Crippen MR) is 81.8 cm³/mol. The number of nitrogens with zero attached hydrogens (tertiary/aromatic N) is 2. The lowest BCUT2D eigenvalue weighted by Crippen LogP contribution is -2.30. The van der Waals surface area contributed by atoms with Gasteiger partial charge in [0, 0.05) is 31.1 Å². The molecule has 0 aliphatic carbocycles. The van der Waals surface area contributed by atoms with E-state index in [-0.39, 0.29) is 18.4 Å². The van der Waals surface area contributed by atoms with Crippen LogP contribution in [0.1, 0.15) is 29.3 Å². The lowest BCUT2D eigenvalue weighted by Gasteiger charge is -2.18. The minimum Gasteiger partial charge on any atom is -0.395 e. The Labute approximate surface area is 129 Å². The van der Waals surface area contributed by atoms with Crippen molar-refractivity contribution in [3.05, 3.63) is 34.3 Å². The molecule has 0 heterocycles. The van der Waals surface area contributed by atoms with Crippen LogP contribution in [0.5, 0.6) is 0 Å². The van der Waals surface area contributed by atoms with Gasteiger partial charge in [-0.15, -0.1) is 0 Å². The molecule has 0 aliphatic rings. The zero-order valence-corrected chi connectivity index (χ0v) is 12.8. The van der Waals surface area contributed by atoms with Crippen LogP contribution in [-0.2, 0) is 0 Å². The standard InChI is InChI=1S/C16H17ClN2O2/c1-12(10-18)11-19(2)16(21)14-7-6-13(15(17)9-14)5-3-4-8-20/h6-7,9,12,20H,4,8,11H2,1-2H3. The van der Waals surface area contributed by atoms with E-state index in [0.717, 1.165) is 0 Å². The van der Waals surface area contributed by atoms with Gasteiger partial charge in [0.1, 0.15) is 0 Å². The summed E-state index contributed by atoms with van der Waals surface area (Å²) in [6, 6.07) is 7.00. The Bertz CT molecular complexity index is 611.